The van der Waals surface area contributed by atoms with Gasteiger partial charge < -0.3 is 9.84 Å². The lowest BCUT2D eigenvalue weighted by Crippen LogP contribution is -2.11. The molecule has 0 radical (unpaired) electrons. The molecular weight excluding hydrogens is 296 g/mol. The molecule has 128 valence electrons. The third-order valence-electron chi connectivity index (χ3n) is 4.10. The van der Waals surface area contributed by atoms with E-state index >= 15 is 0 Å². The zero-order valence-corrected chi connectivity index (χ0v) is 14.7. The monoisotopic (exact) mass is 324 g/mol. The van der Waals surface area contributed by atoms with Crippen LogP contribution in [0.5, 0.6) is 5.75 Å². The number of ether oxygens (including phenoxy) is 1. The molecule has 0 heterocycles. The molecular formula is C22H28O2. The van der Waals surface area contributed by atoms with Crippen molar-refractivity contribution in [1.82, 2.24) is 0 Å². The van der Waals surface area contributed by atoms with Crippen molar-refractivity contribution >= 4 is 6.08 Å². The van der Waals surface area contributed by atoms with E-state index < -0.39 is 0 Å². The number of aliphatic hydroxyl groups excluding tert-OH is 1. The van der Waals surface area contributed by atoms with E-state index in [0.29, 0.717) is 6.42 Å². The second-order valence-corrected chi connectivity index (χ2v) is 5.65. The van der Waals surface area contributed by atoms with Crippen molar-refractivity contribution in [3.05, 3.63) is 71.3 Å². The molecule has 0 bridgehead atoms. The summed E-state index contributed by atoms with van der Waals surface area (Å²) in [7, 11) is 0. The molecule has 0 amide bonds. The molecule has 24 heavy (non-hydrogen) atoms. The van der Waals surface area contributed by atoms with Crippen molar-refractivity contribution in [2.75, 3.05) is 6.61 Å². The van der Waals surface area contributed by atoms with Crippen LogP contribution in [0, 0.1) is 0 Å². The van der Waals surface area contributed by atoms with E-state index in [9.17, 15) is 5.11 Å². The van der Waals surface area contributed by atoms with Gasteiger partial charge in [-0.1, -0.05) is 68.5 Å². The van der Waals surface area contributed by atoms with E-state index in [0.717, 1.165) is 30.6 Å². The molecule has 0 spiro atoms. The van der Waals surface area contributed by atoms with E-state index in [2.05, 4.69) is 30.4 Å². The zero-order chi connectivity index (χ0) is 17.2. The molecule has 1 atom stereocenters. The summed E-state index contributed by atoms with van der Waals surface area (Å²) >= 11 is 0. The number of aliphatic hydroxyl groups is 1. The van der Waals surface area contributed by atoms with Crippen molar-refractivity contribution in [1.29, 1.82) is 0 Å². The van der Waals surface area contributed by atoms with Gasteiger partial charge >= 0.3 is 0 Å². The molecule has 1 aliphatic carbocycles. The van der Waals surface area contributed by atoms with Gasteiger partial charge in [0.05, 0.1) is 0 Å². The van der Waals surface area contributed by atoms with Crippen molar-refractivity contribution in [3.63, 3.8) is 0 Å². The molecule has 1 aliphatic rings. The highest BCUT2D eigenvalue weighted by atomic mass is 16.5. The van der Waals surface area contributed by atoms with Gasteiger partial charge in [-0.3, -0.25) is 0 Å². The summed E-state index contributed by atoms with van der Waals surface area (Å²) < 4.78 is 6.30. The Morgan fingerprint density at radius 1 is 1.04 bits per heavy atom. The Morgan fingerprint density at radius 2 is 1.83 bits per heavy atom. The number of allylic oxidation sites excluding steroid dienone is 1. The molecule has 2 nitrogen and oxygen atoms in total. The Morgan fingerprint density at radius 3 is 2.58 bits per heavy atom. The molecule has 2 heteroatoms. The van der Waals surface area contributed by atoms with E-state index in [-0.39, 0.29) is 12.7 Å². The molecule has 2 aromatic carbocycles. The first-order chi connectivity index (χ1) is 11.9. The minimum absolute atomic E-state index is 0.107. The quantitative estimate of drug-likeness (QED) is 0.779. The maximum Gasteiger partial charge on any atom is 0.126 e. The van der Waals surface area contributed by atoms with Gasteiger partial charge in [0.25, 0.3) is 0 Å². The topological polar surface area (TPSA) is 29.5 Å². The lowest BCUT2D eigenvalue weighted by Gasteiger charge is -2.21. The number of benzene rings is 2. The van der Waals surface area contributed by atoms with Crippen LogP contribution in [-0.4, -0.2) is 11.7 Å². The molecule has 0 fully saturated rings. The molecule has 0 aromatic heterocycles. The highest BCUT2D eigenvalue weighted by molar-refractivity contribution is 5.59. The molecule has 3 rings (SSSR count). The standard InChI is InChI=1S/C20H22O2.C2H6/c21-15-14-19(17-9-4-1-5-10-17)22-20-13-7-11-16-8-3-2-6-12-18(16)20;1-2/h1,3-5,7-11,13,19,21H,2,6,12,14-15H2;1-2H3. The Hall–Kier alpha value is -2.06. The van der Waals surface area contributed by atoms with Gasteiger partial charge in [-0.2, -0.15) is 0 Å². The number of rotatable bonds is 5. The normalized spacial score (nSPS) is 14.0. The minimum atomic E-state index is -0.107. The highest BCUT2D eigenvalue weighted by Gasteiger charge is 2.16. The van der Waals surface area contributed by atoms with Crippen LogP contribution in [0.15, 0.2) is 54.6 Å². The van der Waals surface area contributed by atoms with Crippen LogP contribution < -0.4 is 4.74 Å². The summed E-state index contributed by atoms with van der Waals surface area (Å²) in [6.45, 7) is 4.12. The maximum atomic E-state index is 9.37. The van der Waals surface area contributed by atoms with Crippen LogP contribution in [0.1, 0.15) is 55.9 Å². The fourth-order valence-electron chi connectivity index (χ4n) is 2.96. The molecule has 1 unspecified atom stereocenters. The van der Waals surface area contributed by atoms with Crippen LogP contribution in [0.25, 0.3) is 6.08 Å². The molecule has 1 N–H and O–H groups in total. The summed E-state index contributed by atoms with van der Waals surface area (Å²) in [5.41, 5.74) is 3.65. The second kappa shape index (κ2) is 9.94. The third kappa shape index (κ3) is 4.72. The summed E-state index contributed by atoms with van der Waals surface area (Å²) in [5.74, 6) is 0.950. The van der Waals surface area contributed by atoms with Crippen LogP contribution in [-0.2, 0) is 6.42 Å². The van der Waals surface area contributed by atoms with Gasteiger partial charge in [-0.25, -0.2) is 0 Å². The second-order valence-electron chi connectivity index (χ2n) is 5.65. The van der Waals surface area contributed by atoms with E-state index in [1.54, 1.807) is 0 Å². The lowest BCUT2D eigenvalue weighted by atomic mass is 10.0. The van der Waals surface area contributed by atoms with E-state index in [1.807, 2.05) is 44.2 Å². The highest BCUT2D eigenvalue weighted by Crippen LogP contribution is 2.32. The van der Waals surface area contributed by atoms with Crippen LogP contribution in [0.2, 0.25) is 0 Å². The minimum Gasteiger partial charge on any atom is -0.485 e. The maximum absolute atomic E-state index is 9.37. The van der Waals surface area contributed by atoms with Gasteiger partial charge in [0, 0.05) is 18.6 Å². The third-order valence-corrected chi connectivity index (χ3v) is 4.10. The Kier molecular flexibility index (Phi) is 7.57. The summed E-state index contributed by atoms with van der Waals surface area (Å²) in [4.78, 5) is 0. The lowest BCUT2D eigenvalue weighted by molar-refractivity contribution is 0.154. The van der Waals surface area contributed by atoms with E-state index in [4.69, 9.17) is 4.74 Å². The van der Waals surface area contributed by atoms with Gasteiger partial charge in [-0.05, 0) is 36.5 Å². The predicted molar refractivity (Wildman–Crippen MR) is 101 cm³/mol. The first kappa shape index (κ1) is 18.3. The number of hydrogen-bond acceptors (Lipinski definition) is 2. The summed E-state index contributed by atoms with van der Waals surface area (Å²) in [5, 5.41) is 9.37. The fraction of sp³-hybridized carbons (Fsp3) is 0.364. The van der Waals surface area contributed by atoms with Gasteiger partial charge in [0.1, 0.15) is 11.9 Å². The Balaban J connectivity index is 0.00000100. The van der Waals surface area contributed by atoms with Crippen LogP contribution >= 0.6 is 0 Å². The average molecular weight is 324 g/mol. The summed E-state index contributed by atoms with van der Waals surface area (Å²) in [6.07, 6.45) is 8.23. The molecule has 2 aromatic rings. The Labute approximate surface area is 145 Å². The van der Waals surface area contributed by atoms with Crippen LogP contribution in [0.3, 0.4) is 0 Å². The van der Waals surface area contributed by atoms with Gasteiger partial charge in [0.15, 0.2) is 0 Å². The smallest absolute Gasteiger partial charge is 0.126 e. The van der Waals surface area contributed by atoms with Crippen molar-refractivity contribution < 1.29 is 9.84 Å². The number of fused-ring (bicyclic) bond motifs is 1. The molecule has 0 saturated heterocycles. The van der Waals surface area contributed by atoms with Crippen molar-refractivity contribution in [3.8, 4) is 5.75 Å². The fourth-order valence-corrected chi connectivity index (χ4v) is 2.96. The van der Waals surface area contributed by atoms with Crippen molar-refractivity contribution in [2.24, 2.45) is 0 Å². The van der Waals surface area contributed by atoms with E-state index in [1.165, 1.54) is 11.1 Å². The summed E-state index contributed by atoms with van der Waals surface area (Å²) in [6, 6.07) is 16.4. The predicted octanol–water partition coefficient (Wildman–Crippen LogP) is 5.56. The first-order valence-electron chi connectivity index (χ1n) is 8.99. The number of hydrogen-bond donors (Lipinski definition) is 1. The first-order valence-corrected chi connectivity index (χ1v) is 8.99. The van der Waals surface area contributed by atoms with Crippen LogP contribution in [0.4, 0.5) is 0 Å². The van der Waals surface area contributed by atoms with Gasteiger partial charge in [-0.15, -0.1) is 0 Å². The largest absolute Gasteiger partial charge is 0.485 e. The SMILES string of the molecule is CC.OCCC(Oc1cccc2c1CCCC=C2)c1ccccc1. The van der Waals surface area contributed by atoms with Crippen molar-refractivity contribution in [2.45, 2.75) is 45.6 Å². The van der Waals surface area contributed by atoms with Gasteiger partial charge in [0.2, 0.25) is 0 Å². The molecule has 0 aliphatic heterocycles. The average Bonchev–Trinajstić information content (AvgIpc) is 2.90. The molecule has 0 saturated carbocycles. The zero-order valence-electron chi connectivity index (χ0n) is 14.7. The Bertz CT molecular complexity index is 632.